The number of rotatable bonds is 7. The molecule has 150 valence electrons. The molecule has 0 atom stereocenters. The minimum Gasteiger partial charge on any atom is -0.495 e. The molecule has 0 aliphatic carbocycles. The number of H-pyrrole nitrogens is 1. The van der Waals surface area contributed by atoms with Crippen molar-refractivity contribution in [3.05, 3.63) is 75.2 Å². The van der Waals surface area contributed by atoms with Crippen LogP contribution in [-0.2, 0) is 11.2 Å². The van der Waals surface area contributed by atoms with Crippen LogP contribution >= 0.6 is 11.8 Å². The largest absolute Gasteiger partial charge is 0.495 e. The van der Waals surface area contributed by atoms with Crippen molar-refractivity contribution in [3.8, 4) is 5.75 Å². The first-order valence-electron chi connectivity index (χ1n) is 9.03. The van der Waals surface area contributed by atoms with Gasteiger partial charge in [0, 0.05) is 6.42 Å². The summed E-state index contributed by atoms with van der Waals surface area (Å²) in [6.07, 6.45) is 0.404. The number of aryl methyl sites for hydroxylation is 2. The molecule has 8 heteroatoms. The summed E-state index contributed by atoms with van der Waals surface area (Å²) in [4.78, 5) is 27.2. The number of hydrogen-bond donors (Lipinski definition) is 2. The van der Waals surface area contributed by atoms with Crippen molar-refractivity contribution in [1.82, 2.24) is 15.2 Å². The minimum atomic E-state index is -0.302. The normalized spacial score (nSPS) is 10.6. The first-order valence-corrected chi connectivity index (χ1v) is 10.0. The summed E-state index contributed by atoms with van der Waals surface area (Å²) in [5.41, 5.74) is 3.79. The predicted molar refractivity (Wildman–Crippen MR) is 114 cm³/mol. The molecule has 1 heterocycles. The Balaban J connectivity index is 1.60. The maximum atomic E-state index is 12.3. The summed E-state index contributed by atoms with van der Waals surface area (Å²) < 4.78 is 5.26. The number of anilines is 1. The van der Waals surface area contributed by atoms with Gasteiger partial charge in [0.05, 0.1) is 18.6 Å². The highest BCUT2D eigenvalue weighted by Gasteiger charge is 2.11. The lowest BCUT2D eigenvalue weighted by atomic mass is 10.1. The van der Waals surface area contributed by atoms with Crippen LogP contribution in [-0.4, -0.2) is 34.0 Å². The quantitative estimate of drug-likeness (QED) is 0.581. The smallest absolute Gasteiger partial charge is 0.273 e. The number of aromatic amines is 1. The van der Waals surface area contributed by atoms with Gasteiger partial charge < -0.3 is 10.1 Å². The van der Waals surface area contributed by atoms with E-state index in [1.807, 2.05) is 50.2 Å². The van der Waals surface area contributed by atoms with E-state index in [0.717, 1.165) is 28.5 Å². The van der Waals surface area contributed by atoms with E-state index in [1.54, 1.807) is 13.2 Å². The van der Waals surface area contributed by atoms with Crippen molar-refractivity contribution < 1.29 is 9.53 Å². The maximum Gasteiger partial charge on any atom is 0.273 e. The molecular weight excluding hydrogens is 388 g/mol. The highest BCUT2D eigenvalue weighted by molar-refractivity contribution is 7.99. The molecule has 2 aromatic carbocycles. The number of carbonyl (C=O) groups is 1. The number of hydrogen-bond acceptors (Lipinski definition) is 6. The van der Waals surface area contributed by atoms with E-state index in [1.165, 1.54) is 0 Å². The monoisotopic (exact) mass is 410 g/mol. The molecule has 3 rings (SSSR count). The second-order valence-electron chi connectivity index (χ2n) is 6.61. The van der Waals surface area contributed by atoms with Crippen molar-refractivity contribution in [2.24, 2.45) is 0 Å². The number of ether oxygens (including phenoxy) is 1. The van der Waals surface area contributed by atoms with Crippen molar-refractivity contribution in [2.45, 2.75) is 25.4 Å². The lowest BCUT2D eigenvalue weighted by Crippen LogP contribution is -2.19. The first-order chi connectivity index (χ1) is 13.9. The number of aromatic nitrogens is 3. The van der Waals surface area contributed by atoms with E-state index < -0.39 is 0 Å². The molecule has 0 aliphatic rings. The highest BCUT2D eigenvalue weighted by Crippen LogP contribution is 2.25. The lowest BCUT2D eigenvalue weighted by molar-refractivity contribution is -0.113. The van der Waals surface area contributed by atoms with Gasteiger partial charge >= 0.3 is 0 Å². The topological polar surface area (TPSA) is 97.0 Å². The number of benzene rings is 2. The number of nitrogens with one attached hydrogen (secondary N) is 2. The lowest BCUT2D eigenvalue weighted by Gasteiger charge is -2.10. The van der Waals surface area contributed by atoms with Crippen LogP contribution in [0.5, 0.6) is 5.75 Å². The van der Waals surface area contributed by atoms with Gasteiger partial charge in [0.2, 0.25) is 5.91 Å². The number of amides is 1. The molecule has 0 aliphatic heterocycles. The molecule has 0 bridgehead atoms. The summed E-state index contributed by atoms with van der Waals surface area (Å²) in [6, 6.07) is 13.4. The van der Waals surface area contributed by atoms with Gasteiger partial charge in [0.1, 0.15) is 11.4 Å². The Hall–Kier alpha value is -3.13. The molecular formula is C21H22N4O3S. The molecule has 0 saturated heterocycles. The fourth-order valence-corrected chi connectivity index (χ4v) is 3.27. The van der Waals surface area contributed by atoms with Gasteiger partial charge in [-0.15, -0.1) is 10.2 Å². The molecule has 0 fully saturated rings. The summed E-state index contributed by atoms with van der Waals surface area (Å²) in [6.45, 7) is 3.94. The molecule has 2 N–H and O–H groups in total. The van der Waals surface area contributed by atoms with Crippen molar-refractivity contribution in [2.75, 3.05) is 18.2 Å². The maximum absolute atomic E-state index is 12.3. The summed E-state index contributed by atoms with van der Waals surface area (Å²) in [5.74, 6) is 0.437. The second kappa shape index (κ2) is 9.38. The van der Waals surface area contributed by atoms with Crippen LogP contribution < -0.4 is 15.6 Å². The molecule has 0 saturated carbocycles. The fraction of sp³-hybridized carbons (Fsp3) is 0.238. The molecule has 0 unspecified atom stereocenters. The standard InChI is InChI=1S/C21H22N4O3S/c1-13-4-7-15(8-5-13)11-17-20(27)23-21(25-24-17)29-12-19(26)22-16-10-14(2)6-9-18(16)28-3/h4-10H,11-12H2,1-3H3,(H,22,26)(H,23,25,27). The van der Waals surface area contributed by atoms with E-state index in [-0.39, 0.29) is 17.2 Å². The van der Waals surface area contributed by atoms with E-state index in [4.69, 9.17) is 4.74 Å². The van der Waals surface area contributed by atoms with Crippen LogP contribution in [0.25, 0.3) is 0 Å². The van der Waals surface area contributed by atoms with Crippen molar-refractivity contribution >= 4 is 23.4 Å². The van der Waals surface area contributed by atoms with E-state index in [0.29, 0.717) is 28.7 Å². The first kappa shape index (κ1) is 20.6. The van der Waals surface area contributed by atoms with Crippen LogP contribution in [0.1, 0.15) is 22.4 Å². The van der Waals surface area contributed by atoms with Gasteiger partial charge in [-0.05, 0) is 37.1 Å². The van der Waals surface area contributed by atoms with Gasteiger partial charge in [0.25, 0.3) is 5.56 Å². The molecule has 7 nitrogen and oxygen atoms in total. The highest BCUT2D eigenvalue weighted by atomic mass is 32.2. The number of nitrogens with zero attached hydrogens (tertiary/aromatic N) is 2. The zero-order chi connectivity index (χ0) is 20.8. The zero-order valence-corrected chi connectivity index (χ0v) is 17.3. The Bertz CT molecular complexity index is 1060. The van der Waals surface area contributed by atoms with Crippen LogP contribution in [0.2, 0.25) is 0 Å². The number of methoxy groups -OCH3 is 1. The van der Waals surface area contributed by atoms with Crippen LogP contribution in [0.3, 0.4) is 0 Å². The molecule has 29 heavy (non-hydrogen) atoms. The Labute approximate surface area is 172 Å². The van der Waals surface area contributed by atoms with Gasteiger partial charge in [-0.3, -0.25) is 14.6 Å². The summed E-state index contributed by atoms with van der Waals surface area (Å²) in [5, 5.41) is 11.2. The van der Waals surface area contributed by atoms with Gasteiger partial charge in [-0.1, -0.05) is 47.7 Å². The van der Waals surface area contributed by atoms with Crippen molar-refractivity contribution in [3.63, 3.8) is 0 Å². The third kappa shape index (κ3) is 5.68. The van der Waals surface area contributed by atoms with Crippen LogP contribution in [0.4, 0.5) is 5.69 Å². The number of carbonyl (C=O) groups excluding carboxylic acids is 1. The van der Waals surface area contributed by atoms with Gasteiger partial charge in [-0.2, -0.15) is 0 Å². The second-order valence-corrected chi connectivity index (χ2v) is 7.57. The SMILES string of the molecule is COc1ccc(C)cc1NC(=O)CSc1nnc(Cc2ccc(C)cc2)c(=O)[nH]1. The van der Waals surface area contributed by atoms with Gasteiger partial charge in [-0.25, -0.2) is 0 Å². The zero-order valence-electron chi connectivity index (χ0n) is 16.5. The van der Waals surface area contributed by atoms with Crippen molar-refractivity contribution in [1.29, 1.82) is 0 Å². The minimum absolute atomic E-state index is 0.0824. The molecule has 3 aromatic rings. The van der Waals surface area contributed by atoms with E-state index in [9.17, 15) is 9.59 Å². The Morgan fingerprint density at radius 3 is 2.52 bits per heavy atom. The van der Waals surface area contributed by atoms with Crippen LogP contribution in [0, 0.1) is 13.8 Å². The predicted octanol–water partition coefficient (Wildman–Crippen LogP) is 3.11. The summed E-state index contributed by atoms with van der Waals surface area (Å²) in [7, 11) is 1.55. The van der Waals surface area contributed by atoms with E-state index in [2.05, 4.69) is 20.5 Å². The molecule has 0 radical (unpaired) electrons. The molecule has 1 amide bonds. The van der Waals surface area contributed by atoms with Crippen LogP contribution in [0.15, 0.2) is 52.4 Å². The summed E-state index contributed by atoms with van der Waals surface area (Å²) >= 11 is 1.11. The Morgan fingerprint density at radius 2 is 1.83 bits per heavy atom. The average molecular weight is 410 g/mol. The molecule has 0 spiro atoms. The van der Waals surface area contributed by atoms with Gasteiger partial charge in [0.15, 0.2) is 5.16 Å². The third-order valence-electron chi connectivity index (χ3n) is 4.21. The number of thioether (sulfide) groups is 1. The Morgan fingerprint density at radius 1 is 1.10 bits per heavy atom. The van der Waals surface area contributed by atoms with E-state index >= 15 is 0 Å². The fourth-order valence-electron chi connectivity index (χ4n) is 2.67. The molecule has 1 aromatic heterocycles. The third-order valence-corrected chi connectivity index (χ3v) is 5.07. The Kier molecular flexibility index (Phi) is 6.66. The average Bonchev–Trinajstić information content (AvgIpc) is 2.70.